The summed E-state index contributed by atoms with van der Waals surface area (Å²) in [5.74, 6) is 0.876. The average molecular weight is 315 g/mol. The van der Waals surface area contributed by atoms with Crippen molar-refractivity contribution in [3.05, 3.63) is 46.8 Å². The second-order valence-electron chi connectivity index (χ2n) is 5.79. The summed E-state index contributed by atoms with van der Waals surface area (Å²) in [5.41, 5.74) is 4.45. The molecule has 0 aliphatic heterocycles. The largest absolute Gasteiger partial charge is 0.492 e. The van der Waals surface area contributed by atoms with Crippen LogP contribution in [-0.4, -0.2) is 28.8 Å². The highest BCUT2D eigenvalue weighted by molar-refractivity contribution is 5.76. The van der Waals surface area contributed by atoms with Crippen LogP contribution in [0, 0.1) is 20.8 Å². The van der Waals surface area contributed by atoms with E-state index in [1.54, 1.807) is 0 Å². The van der Waals surface area contributed by atoms with Crippen molar-refractivity contribution in [1.82, 2.24) is 15.1 Å². The average Bonchev–Trinajstić information content (AvgIpc) is 2.75. The third kappa shape index (κ3) is 4.84. The fourth-order valence-corrected chi connectivity index (χ4v) is 2.57. The molecule has 23 heavy (non-hydrogen) atoms. The van der Waals surface area contributed by atoms with Gasteiger partial charge in [0.2, 0.25) is 5.91 Å². The molecule has 0 atom stereocenters. The van der Waals surface area contributed by atoms with Crippen molar-refractivity contribution in [2.45, 2.75) is 33.6 Å². The van der Waals surface area contributed by atoms with Gasteiger partial charge in [-0.25, -0.2) is 0 Å². The molecule has 0 saturated heterocycles. The molecule has 2 rings (SSSR count). The van der Waals surface area contributed by atoms with Crippen LogP contribution in [0.3, 0.4) is 0 Å². The lowest BCUT2D eigenvalue weighted by Crippen LogP contribution is -2.28. The number of benzene rings is 1. The molecule has 2 aromatic rings. The number of hydrogen-bond acceptors (Lipinski definition) is 3. The predicted octanol–water partition coefficient (Wildman–Crippen LogP) is 2.47. The Kier molecular flexibility index (Phi) is 5.79. The van der Waals surface area contributed by atoms with Crippen LogP contribution in [0.15, 0.2) is 24.3 Å². The quantitative estimate of drug-likeness (QED) is 0.799. The van der Waals surface area contributed by atoms with Crippen molar-refractivity contribution >= 4 is 5.91 Å². The fraction of sp³-hybridized carbons (Fsp3) is 0.444. The number of ether oxygens (including phenoxy) is 1. The number of rotatable bonds is 7. The maximum Gasteiger partial charge on any atom is 0.220 e. The molecule has 0 unspecified atom stereocenters. The summed E-state index contributed by atoms with van der Waals surface area (Å²) in [6.07, 6.45) is 1.19. The zero-order chi connectivity index (χ0) is 16.8. The maximum atomic E-state index is 11.9. The minimum atomic E-state index is 0.0421. The number of nitrogens with one attached hydrogen (secondary N) is 1. The molecule has 1 aromatic carbocycles. The van der Waals surface area contributed by atoms with Crippen LogP contribution in [0.1, 0.15) is 28.9 Å². The van der Waals surface area contributed by atoms with Crippen molar-refractivity contribution < 1.29 is 9.53 Å². The molecule has 0 radical (unpaired) electrons. The second-order valence-corrected chi connectivity index (χ2v) is 5.79. The Bertz CT molecular complexity index is 677. The van der Waals surface area contributed by atoms with Gasteiger partial charge in [-0.3, -0.25) is 9.48 Å². The first kappa shape index (κ1) is 17.1. The Balaban J connectivity index is 1.69. The van der Waals surface area contributed by atoms with E-state index >= 15 is 0 Å². The van der Waals surface area contributed by atoms with Crippen molar-refractivity contribution in [1.29, 1.82) is 0 Å². The number of amides is 1. The van der Waals surface area contributed by atoms with Crippen LogP contribution in [0.25, 0.3) is 0 Å². The Labute approximate surface area is 137 Å². The number of carbonyl (C=O) groups excluding carboxylic acids is 1. The van der Waals surface area contributed by atoms with E-state index in [1.165, 1.54) is 5.56 Å². The number of carbonyl (C=O) groups is 1. The number of nitrogens with zero attached hydrogens (tertiary/aromatic N) is 2. The predicted molar refractivity (Wildman–Crippen MR) is 90.7 cm³/mol. The lowest BCUT2D eigenvalue weighted by atomic mass is 10.1. The molecule has 5 nitrogen and oxygen atoms in total. The standard InChI is InChI=1S/C18H25N3O2/c1-13-6-5-7-16(12-13)23-11-10-19-18(22)9-8-17-14(2)20-21(4)15(17)3/h5-7,12H,8-11H2,1-4H3,(H,19,22). The van der Waals surface area contributed by atoms with Crippen LogP contribution >= 0.6 is 0 Å². The third-order valence-electron chi connectivity index (χ3n) is 3.94. The van der Waals surface area contributed by atoms with Gasteiger partial charge in [0.1, 0.15) is 12.4 Å². The molecular formula is C18H25N3O2. The van der Waals surface area contributed by atoms with Gasteiger partial charge in [0.05, 0.1) is 12.2 Å². The molecule has 0 bridgehead atoms. The van der Waals surface area contributed by atoms with Gasteiger partial charge in [0.25, 0.3) is 0 Å². The monoisotopic (exact) mass is 315 g/mol. The van der Waals surface area contributed by atoms with Crippen LogP contribution in [0.2, 0.25) is 0 Å². The molecule has 0 aliphatic rings. The first-order valence-corrected chi connectivity index (χ1v) is 7.92. The zero-order valence-corrected chi connectivity index (χ0v) is 14.3. The van der Waals surface area contributed by atoms with Gasteiger partial charge < -0.3 is 10.1 Å². The number of hydrogen-bond donors (Lipinski definition) is 1. The molecule has 1 N–H and O–H groups in total. The highest BCUT2D eigenvalue weighted by Gasteiger charge is 2.11. The minimum Gasteiger partial charge on any atom is -0.492 e. The number of aromatic nitrogens is 2. The fourth-order valence-electron chi connectivity index (χ4n) is 2.57. The highest BCUT2D eigenvalue weighted by Crippen LogP contribution is 2.14. The summed E-state index contributed by atoms with van der Waals surface area (Å²) < 4.78 is 7.47. The van der Waals surface area contributed by atoms with E-state index in [0.717, 1.165) is 29.1 Å². The van der Waals surface area contributed by atoms with Crippen molar-refractivity contribution in [3.8, 4) is 5.75 Å². The minimum absolute atomic E-state index is 0.0421. The summed E-state index contributed by atoms with van der Waals surface area (Å²) in [6, 6.07) is 7.89. The van der Waals surface area contributed by atoms with Crippen LogP contribution in [0.5, 0.6) is 5.75 Å². The SMILES string of the molecule is Cc1cccc(OCCNC(=O)CCc2c(C)nn(C)c2C)c1. The van der Waals surface area contributed by atoms with Gasteiger partial charge in [0.15, 0.2) is 0 Å². The lowest BCUT2D eigenvalue weighted by molar-refractivity contribution is -0.121. The molecule has 0 fully saturated rings. The molecule has 1 aromatic heterocycles. The van der Waals surface area contributed by atoms with E-state index in [-0.39, 0.29) is 5.91 Å². The first-order chi connectivity index (χ1) is 11.0. The summed E-state index contributed by atoms with van der Waals surface area (Å²) in [6.45, 7) is 7.02. The normalized spacial score (nSPS) is 10.6. The topological polar surface area (TPSA) is 56.1 Å². The van der Waals surface area contributed by atoms with Crippen LogP contribution < -0.4 is 10.1 Å². The van der Waals surface area contributed by atoms with Gasteiger partial charge in [-0.05, 0) is 50.5 Å². The summed E-state index contributed by atoms with van der Waals surface area (Å²) in [4.78, 5) is 11.9. The smallest absolute Gasteiger partial charge is 0.220 e. The Morgan fingerprint density at radius 3 is 2.74 bits per heavy atom. The van der Waals surface area contributed by atoms with Crippen molar-refractivity contribution in [2.24, 2.45) is 7.05 Å². The maximum absolute atomic E-state index is 11.9. The molecule has 5 heteroatoms. The third-order valence-corrected chi connectivity index (χ3v) is 3.94. The first-order valence-electron chi connectivity index (χ1n) is 7.92. The van der Waals surface area contributed by atoms with E-state index in [1.807, 2.05) is 56.8 Å². The Morgan fingerprint density at radius 1 is 1.30 bits per heavy atom. The Morgan fingerprint density at radius 2 is 2.09 bits per heavy atom. The summed E-state index contributed by atoms with van der Waals surface area (Å²) in [5, 5.41) is 7.26. The van der Waals surface area contributed by atoms with E-state index in [2.05, 4.69) is 10.4 Å². The zero-order valence-electron chi connectivity index (χ0n) is 14.3. The van der Waals surface area contributed by atoms with Crippen molar-refractivity contribution in [3.63, 3.8) is 0 Å². The molecule has 0 spiro atoms. The molecule has 1 amide bonds. The van der Waals surface area contributed by atoms with Gasteiger partial charge in [0, 0.05) is 19.2 Å². The molecule has 1 heterocycles. The van der Waals surface area contributed by atoms with E-state index in [9.17, 15) is 4.79 Å². The summed E-state index contributed by atoms with van der Waals surface area (Å²) >= 11 is 0. The molecular weight excluding hydrogens is 290 g/mol. The highest BCUT2D eigenvalue weighted by atomic mass is 16.5. The van der Waals surface area contributed by atoms with Gasteiger partial charge in [-0.2, -0.15) is 5.10 Å². The van der Waals surface area contributed by atoms with E-state index in [4.69, 9.17) is 4.74 Å². The molecule has 124 valence electrons. The van der Waals surface area contributed by atoms with Gasteiger partial charge >= 0.3 is 0 Å². The molecule has 0 aliphatic carbocycles. The van der Waals surface area contributed by atoms with Crippen LogP contribution in [-0.2, 0) is 18.3 Å². The number of aryl methyl sites for hydroxylation is 3. The van der Waals surface area contributed by atoms with Gasteiger partial charge in [-0.15, -0.1) is 0 Å². The van der Waals surface area contributed by atoms with E-state index < -0.39 is 0 Å². The van der Waals surface area contributed by atoms with Gasteiger partial charge in [-0.1, -0.05) is 12.1 Å². The summed E-state index contributed by atoms with van der Waals surface area (Å²) in [7, 11) is 1.93. The van der Waals surface area contributed by atoms with Crippen molar-refractivity contribution in [2.75, 3.05) is 13.2 Å². The second kappa shape index (κ2) is 7.81. The lowest BCUT2D eigenvalue weighted by Gasteiger charge is -2.08. The molecule has 0 saturated carbocycles. The van der Waals surface area contributed by atoms with E-state index in [0.29, 0.717) is 19.6 Å². The Hall–Kier alpha value is -2.30. The van der Waals surface area contributed by atoms with Crippen LogP contribution in [0.4, 0.5) is 0 Å².